The van der Waals surface area contributed by atoms with Crippen LogP contribution in [-0.2, 0) is 4.79 Å². The van der Waals surface area contributed by atoms with Crippen molar-refractivity contribution in [3.05, 3.63) is 33.8 Å². The molecule has 0 aromatic heterocycles. The molecule has 0 radical (unpaired) electrons. The average Bonchev–Trinajstić information content (AvgIpc) is 2.39. The lowest BCUT2D eigenvalue weighted by atomic mass is 10.0. The zero-order valence-corrected chi connectivity index (χ0v) is 13.4. The molecule has 5 heteroatoms. The first kappa shape index (κ1) is 16.7. The molecule has 1 unspecified atom stereocenters. The minimum Gasteiger partial charge on any atom is -0.481 e. The van der Waals surface area contributed by atoms with E-state index in [0.717, 1.165) is 16.5 Å². The van der Waals surface area contributed by atoms with Gasteiger partial charge in [-0.05, 0) is 53.2 Å². The second-order valence-electron chi connectivity index (χ2n) is 5.02. The molecule has 0 saturated carbocycles. The Morgan fingerprint density at radius 2 is 2.05 bits per heavy atom. The van der Waals surface area contributed by atoms with Gasteiger partial charge in [-0.1, -0.05) is 19.1 Å². The summed E-state index contributed by atoms with van der Waals surface area (Å²) in [4.78, 5) is 22.5. The first-order valence-electron chi connectivity index (χ1n) is 6.67. The number of amides is 1. The SMILES string of the molecule is Cc1cccc(C(=O)NCCC(C)CCC(=O)O)c1Br. The van der Waals surface area contributed by atoms with Crippen LogP contribution in [-0.4, -0.2) is 23.5 Å². The van der Waals surface area contributed by atoms with Crippen LogP contribution in [0.5, 0.6) is 0 Å². The number of rotatable bonds is 7. The van der Waals surface area contributed by atoms with Gasteiger partial charge in [-0.25, -0.2) is 0 Å². The zero-order chi connectivity index (χ0) is 15.1. The Balaban J connectivity index is 2.40. The van der Waals surface area contributed by atoms with Crippen LogP contribution in [0.3, 0.4) is 0 Å². The monoisotopic (exact) mass is 341 g/mol. The highest BCUT2D eigenvalue weighted by Gasteiger charge is 2.11. The third kappa shape index (κ3) is 5.33. The number of aryl methyl sites for hydroxylation is 1. The van der Waals surface area contributed by atoms with Gasteiger partial charge in [0, 0.05) is 17.4 Å². The Kier molecular flexibility index (Phi) is 6.71. The number of carbonyl (C=O) groups excluding carboxylic acids is 1. The number of nitrogens with one attached hydrogen (secondary N) is 1. The minimum absolute atomic E-state index is 0.106. The van der Waals surface area contributed by atoms with Crippen LogP contribution in [0, 0.1) is 12.8 Å². The lowest BCUT2D eigenvalue weighted by molar-refractivity contribution is -0.137. The lowest BCUT2D eigenvalue weighted by Gasteiger charge is -2.12. The Morgan fingerprint density at radius 1 is 1.35 bits per heavy atom. The molecule has 0 spiro atoms. The maximum absolute atomic E-state index is 12.0. The van der Waals surface area contributed by atoms with Gasteiger partial charge in [-0.15, -0.1) is 0 Å². The molecule has 0 bridgehead atoms. The van der Waals surface area contributed by atoms with E-state index in [2.05, 4.69) is 21.2 Å². The molecule has 4 nitrogen and oxygen atoms in total. The number of hydrogen-bond donors (Lipinski definition) is 2. The standard InChI is InChI=1S/C15H20BrNO3/c1-10(6-7-13(18)19)8-9-17-15(20)12-5-3-4-11(2)14(12)16/h3-5,10H,6-9H2,1-2H3,(H,17,20)(H,18,19). The zero-order valence-electron chi connectivity index (χ0n) is 11.8. The predicted molar refractivity (Wildman–Crippen MR) is 81.9 cm³/mol. The summed E-state index contributed by atoms with van der Waals surface area (Å²) in [6, 6.07) is 5.57. The summed E-state index contributed by atoms with van der Waals surface area (Å²) in [6.07, 6.45) is 1.60. The van der Waals surface area contributed by atoms with E-state index in [4.69, 9.17) is 5.11 Å². The van der Waals surface area contributed by atoms with Crippen molar-refractivity contribution < 1.29 is 14.7 Å². The summed E-state index contributed by atoms with van der Waals surface area (Å²) < 4.78 is 0.816. The third-order valence-electron chi connectivity index (χ3n) is 3.21. The maximum atomic E-state index is 12.0. The molecule has 1 atom stereocenters. The highest BCUT2D eigenvalue weighted by Crippen LogP contribution is 2.20. The molecule has 1 aromatic carbocycles. The van der Waals surface area contributed by atoms with Gasteiger partial charge in [0.05, 0.1) is 5.56 Å². The number of halogens is 1. The van der Waals surface area contributed by atoms with Crippen molar-refractivity contribution in [1.82, 2.24) is 5.32 Å². The van der Waals surface area contributed by atoms with Gasteiger partial charge in [-0.3, -0.25) is 9.59 Å². The molecule has 2 N–H and O–H groups in total. The van der Waals surface area contributed by atoms with E-state index in [0.29, 0.717) is 18.5 Å². The van der Waals surface area contributed by atoms with Crippen LogP contribution in [0.1, 0.15) is 42.1 Å². The molecule has 1 amide bonds. The number of carbonyl (C=O) groups is 2. The molecule has 0 heterocycles. The van der Waals surface area contributed by atoms with Crippen LogP contribution >= 0.6 is 15.9 Å². The van der Waals surface area contributed by atoms with E-state index in [-0.39, 0.29) is 18.2 Å². The molecule has 20 heavy (non-hydrogen) atoms. The molecule has 110 valence electrons. The molecular formula is C15H20BrNO3. The fraction of sp³-hybridized carbons (Fsp3) is 0.467. The predicted octanol–water partition coefficient (Wildman–Crippen LogP) is 3.38. The minimum atomic E-state index is -0.774. The quantitative estimate of drug-likeness (QED) is 0.798. The van der Waals surface area contributed by atoms with Gasteiger partial charge in [0.25, 0.3) is 5.91 Å². The Morgan fingerprint density at radius 3 is 2.70 bits per heavy atom. The molecule has 0 fully saturated rings. The van der Waals surface area contributed by atoms with E-state index >= 15 is 0 Å². The second-order valence-corrected chi connectivity index (χ2v) is 5.81. The number of carboxylic acid groups (broad SMARTS) is 1. The number of carboxylic acids is 1. The van der Waals surface area contributed by atoms with Crippen molar-refractivity contribution in [3.63, 3.8) is 0 Å². The highest BCUT2D eigenvalue weighted by molar-refractivity contribution is 9.10. The third-order valence-corrected chi connectivity index (χ3v) is 4.26. The van der Waals surface area contributed by atoms with Gasteiger partial charge in [0.2, 0.25) is 0 Å². The van der Waals surface area contributed by atoms with Gasteiger partial charge in [-0.2, -0.15) is 0 Å². The van der Waals surface area contributed by atoms with E-state index in [1.165, 1.54) is 0 Å². The fourth-order valence-corrected chi connectivity index (χ4v) is 2.31. The van der Waals surface area contributed by atoms with Crippen molar-refractivity contribution in [2.45, 2.75) is 33.1 Å². The molecule has 0 aliphatic carbocycles. The molecule has 0 aliphatic rings. The number of benzene rings is 1. The van der Waals surface area contributed by atoms with E-state index < -0.39 is 5.97 Å². The first-order chi connectivity index (χ1) is 9.41. The molecule has 0 aliphatic heterocycles. The maximum Gasteiger partial charge on any atom is 0.303 e. The van der Waals surface area contributed by atoms with Gasteiger partial charge < -0.3 is 10.4 Å². The van der Waals surface area contributed by atoms with Gasteiger partial charge in [0.15, 0.2) is 0 Å². The van der Waals surface area contributed by atoms with Gasteiger partial charge >= 0.3 is 5.97 Å². The van der Waals surface area contributed by atoms with E-state index in [9.17, 15) is 9.59 Å². The molecule has 0 saturated heterocycles. The van der Waals surface area contributed by atoms with Crippen LogP contribution in [0.2, 0.25) is 0 Å². The van der Waals surface area contributed by atoms with Gasteiger partial charge in [0.1, 0.15) is 0 Å². The molecule has 1 aromatic rings. The molecular weight excluding hydrogens is 322 g/mol. The van der Waals surface area contributed by atoms with E-state index in [1.54, 1.807) is 6.07 Å². The van der Waals surface area contributed by atoms with Crippen LogP contribution in [0.15, 0.2) is 22.7 Å². The lowest BCUT2D eigenvalue weighted by Crippen LogP contribution is -2.26. The Labute approximate surface area is 127 Å². The smallest absolute Gasteiger partial charge is 0.303 e. The fourth-order valence-electron chi connectivity index (χ4n) is 1.86. The van der Waals surface area contributed by atoms with Crippen molar-refractivity contribution in [2.24, 2.45) is 5.92 Å². The highest BCUT2D eigenvalue weighted by atomic mass is 79.9. The summed E-state index contributed by atoms with van der Waals surface area (Å²) in [5.41, 5.74) is 1.65. The van der Waals surface area contributed by atoms with Crippen molar-refractivity contribution in [2.75, 3.05) is 6.54 Å². The summed E-state index contributed by atoms with van der Waals surface area (Å²) in [7, 11) is 0. The summed E-state index contributed by atoms with van der Waals surface area (Å²) in [5.74, 6) is -0.595. The van der Waals surface area contributed by atoms with Crippen LogP contribution in [0.25, 0.3) is 0 Å². The molecule has 1 rings (SSSR count). The number of aliphatic carboxylic acids is 1. The van der Waals surface area contributed by atoms with Crippen LogP contribution < -0.4 is 5.32 Å². The Hall–Kier alpha value is -1.36. The van der Waals surface area contributed by atoms with Crippen molar-refractivity contribution in [3.8, 4) is 0 Å². The van der Waals surface area contributed by atoms with E-state index in [1.807, 2.05) is 26.0 Å². The van der Waals surface area contributed by atoms with Crippen molar-refractivity contribution in [1.29, 1.82) is 0 Å². The Bertz CT molecular complexity index is 488. The van der Waals surface area contributed by atoms with Crippen LogP contribution in [0.4, 0.5) is 0 Å². The largest absolute Gasteiger partial charge is 0.481 e. The summed E-state index contributed by atoms with van der Waals surface area (Å²) in [6.45, 7) is 4.49. The topological polar surface area (TPSA) is 66.4 Å². The summed E-state index contributed by atoms with van der Waals surface area (Å²) >= 11 is 3.42. The first-order valence-corrected chi connectivity index (χ1v) is 7.46. The summed E-state index contributed by atoms with van der Waals surface area (Å²) in [5, 5.41) is 11.5. The average molecular weight is 342 g/mol. The normalized spacial score (nSPS) is 11.9. The number of hydrogen-bond acceptors (Lipinski definition) is 2. The second kappa shape index (κ2) is 8.04. The van der Waals surface area contributed by atoms with Crippen molar-refractivity contribution >= 4 is 27.8 Å².